The van der Waals surface area contributed by atoms with E-state index in [1.54, 1.807) is 66.7 Å². The number of ether oxygens (including phenoxy) is 3. The van der Waals surface area contributed by atoms with Gasteiger partial charge in [0.25, 0.3) is 15.9 Å². The maximum absolute atomic E-state index is 13.6. The predicted molar refractivity (Wildman–Crippen MR) is 174 cm³/mol. The van der Waals surface area contributed by atoms with Crippen LogP contribution in [-0.4, -0.2) is 80.4 Å². The molecule has 6 aromatic rings. The molecule has 0 radical (unpaired) electrons. The van der Waals surface area contributed by atoms with Crippen LogP contribution in [0, 0.1) is 0 Å². The number of aromatic amines is 1. The number of pyridine rings is 2. The fraction of sp³-hybridized carbons (Fsp3) is 0.0968. The molecule has 18 heteroatoms. The van der Waals surface area contributed by atoms with Gasteiger partial charge in [-0.25, -0.2) is 28.3 Å². The van der Waals surface area contributed by atoms with Gasteiger partial charge in [0.05, 0.1) is 18.6 Å². The summed E-state index contributed by atoms with van der Waals surface area (Å²) in [6.45, 7) is -0.430. The fourth-order valence-corrected chi connectivity index (χ4v) is 5.47. The second-order valence-corrected chi connectivity index (χ2v) is 11.5. The molecule has 0 saturated heterocycles. The Labute approximate surface area is 278 Å². The largest absolute Gasteiger partial charge is 0.493 e. The Morgan fingerprint density at radius 1 is 0.939 bits per heavy atom. The van der Waals surface area contributed by atoms with Crippen molar-refractivity contribution in [2.45, 2.75) is 4.90 Å². The first-order valence-corrected chi connectivity index (χ1v) is 15.9. The summed E-state index contributed by atoms with van der Waals surface area (Å²) < 4.78 is 47.5. The minimum atomic E-state index is -4.23. The molecule has 2 aromatic carbocycles. The molecule has 248 valence electrons. The van der Waals surface area contributed by atoms with Gasteiger partial charge >= 0.3 is 6.09 Å². The standard InChI is InChI=1S/C31H26N10O7S/c1-46-23-11-5-6-12-24(23)48-26-29(38-49(44,45)21-9-3-2-4-10-21)34-27(20-14-16-32-22(19-20)28-36-39-40-37-28)35-30(26)47-18-17-41(31(42)43)25-13-7-8-15-33-25/h2-16,19H,17-18H2,1H3,(H,42,43)(H,34,35,38)(H,36,37,39,40). The maximum Gasteiger partial charge on any atom is 0.413 e. The van der Waals surface area contributed by atoms with E-state index in [0.717, 1.165) is 4.90 Å². The highest BCUT2D eigenvalue weighted by Gasteiger charge is 2.26. The molecule has 0 spiro atoms. The number of carboxylic acid groups (broad SMARTS) is 1. The molecule has 17 nitrogen and oxygen atoms in total. The molecule has 0 bridgehead atoms. The summed E-state index contributed by atoms with van der Waals surface area (Å²) in [5.41, 5.74) is 0.734. The van der Waals surface area contributed by atoms with Crippen molar-refractivity contribution in [2.24, 2.45) is 0 Å². The summed E-state index contributed by atoms with van der Waals surface area (Å²) >= 11 is 0. The summed E-state index contributed by atoms with van der Waals surface area (Å²) in [6.07, 6.45) is 1.67. The SMILES string of the molecule is COc1ccccc1Oc1c(NS(=O)(=O)c2ccccc2)nc(-c2ccnc(-c3nnn[nH]3)c2)nc1OCCN(C(=O)O)c1ccccn1. The molecule has 1 amide bonds. The number of anilines is 2. The number of aromatic nitrogens is 8. The molecule has 6 rings (SSSR count). The van der Waals surface area contributed by atoms with Crippen molar-refractivity contribution in [1.82, 2.24) is 40.6 Å². The zero-order chi connectivity index (χ0) is 34.2. The van der Waals surface area contributed by atoms with Gasteiger partial charge in [0.2, 0.25) is 5.75 Å². The van der Waals surface area contributed by atoms with E-state index in [-0.39, 0.29) is 58.7 Å². The van der Waals surface area contributed by atoms with E-state index in [1.165, 1.54) is 37.7 Å². The quantitative estimate of drug-likeness (QED) is 0.155. The number of benzene rings is 2. The first kappa shape index (κ1) is 32.3. The smallest absolute Gasteiger partial charge is 0.413 e. The highest BCUT2D eigenvalue weighted by atomic mass is 32.2. The van der Waals surface area contributed by atoms with Crippen molar-refractivity contribution in [2.75, 3.05) is 29.9 Å². The van der Waals surface area contributed by atoms with Gasteiger partial charge in [0.1, 0.15) is 18.1 Å². The highest BCUT2D eigenvalue weighted by Crippen LogP contribution is 2.42. The fourth-order valence-electron chi connectivity index (χ4n) is 4.44. The number of sulfonamides is 1. The lowest BCUT2D eigenvalue weighted by molar-refractivity contribution is 0.198. The van der Waals surface area contributed by atoms with E-state index in [1.807, 2.05) is 0 Å². The molecule has 0 aliphatic heterocycles. The van der Waals surface area contributed by atoms with E-state index in [0.29, 0.717) is 17.0 Å². The van der Waals surface area contributed by atoms with Crippen molar-refractivity contribution >= 4 is 27.8 Å². The average Bonchev–Trinajstić information content (AvgIpc) is 3.67. The third kappa shape index (κ3) is 7.49. The zero-order valence-corrected chi connectivity index (χ0v) is 26.4. The summed E-state index contributed by atoms with van der Waals surface area (Å²) in [4.78, 5) is 30.6. The third-order valence-electron chi connectivity index (χ3n) is 6.72. The molecule has 0 unspecified atom stereocenters. The Hall–Kier alpha value is -6.69. The van der Waals surface area contributed by atoms with Crippen molar-refractivity contribution < 1.29 is 32.5 Å². The molecule has 0 saturated carbocycles. The molecular weight excluding hydrogens is 656 g/mol. The molecule has 0 aliphatic rings. The Bertz CT molecular complexity index is 2160. The summed E-state index contributed by atoms with van der Waals surface area (Å²) in [6, 6.07) is 22.4. The lowest BCUT2D eigenvalue weighted by atomic mass is 10.2. The number of hydrogen-bond donors (Lipinski definition) is 3. The maximum atomic E-state index is 13.6. The molecule has 3 N–H and O–H groups in total. The van der Waals surface area contributed by atoms with Gasteiger partial charge in [-0.2, -0.15) is 4.98 Å². The third-order valence-corrected chi connectivity index (χ3v) is 8.07. The number of H-pyrrole nitrogens is 1. The topological polar surface area (TPSA) is 220 Å². The minimum Gasteiger partial charge on any atom is -0.493 e. The van der Waals surface area contributed by atoms with Gasteiger partial charge in [0.15, 0.2) is 29.0 Å². The molecule has 49 heavy (non-hydrogen) atoms. The highest BCUT2D eigenvalue weighted by molar-refractivity contribution is 7.92. The van der Waals surface area contributed by atoms with Crippen LogP contribution in [0.15, 0.2) is 102 Å². The van der Waals surface area contributed by atoms with E-state index >= 15 is 0 Å². The number of para-hydroxylation sites is 2. The predicted octanol–water partition coefficient (Wildman–Crippen LogP) is 4.28. The second kappa shape index (κ2) is 14.4. The first-order valence-electron chi connectivity index (χ1n) is 14.4. The summed E-state index contributed by atoms with van der Waals surface area (Å²) in [5, 5.41) is 23.6. The molecule has 0 aliphatic carbocycles. The van der Waals surface area contributed by atoms with Crippen molar-refractivity contribution in [3.63, 3.8) is 0 Å². The summed E-state index contributed by atoms with van der Waals surface area (Å²) in [5.74, 6) is 0.238. The van der Waals surface area contributed by atoms with E-state index in [2.05, 4.69) is 45.3 Å². The van der Waals surface area contributed by atoms with Crippen LogP contribution < -0.4 is 23.8 Å². The number of amides is 1. The number of rotatable bonds is 13. The van der Waals surface area contributed by atoms with Crippen LogP contribution in [0.3, 0.4) is 0 Å². The Kier molecular flexibility index (Phi) is 9.47. The lowest BCUT2D eigenvalue weighted by Crippen LogP contribution is -2.34. The molecule has 0 fully saturated rings. The normalized spacial score (nSPS) is 11.0. The van der Waals surface area contributed by atoms with Gasteiger partial charge in [-0.1, -0.05) is 36.4 Å². The minimum absolute atomic E-state index is 0.00378. The zero-order valence-electron chi connectivity index (χ0n) is 25.5. The van der Waals surface area contributed by atoms with Crippen LogP contribution in [0.1, 0.15) is 0 Å². The molecule has 0 atom stereocenters. The monoisotopic (exact) mass is 682 g/mol. The van der Waals surface area contributed by atoms with Crippen LogP contribution in [0.4, 0.5) is 16.4 Å². The van der Waals surface area contributed by atoms with Crippen molar-refractivity contribution in [1.29, 1.82) is 0 Å². The van der Waals surface area contributed by atoms with Crippen LogP contribution >= 0.6 is 0 Å². The number of nitrogens with zero attached hydrogens (tertiary/aromatic N) is 8. The number of tetrazole rings is 1. The number of carbonyl (C=O) groups is 1. The molecule has 4 heterocycles. The van der Waals surface area contributed by atoms with E-state index in [4.69, 9.17) is 14.2 Å². The van der Waals surface area contributed by atoms with Gasteiger partial charge in [0, 0.05) is 18.0 Å². The van der Waals surface area contributed by atoms with E-state index < -0.39 is 16.1 Å². The van der Waals surface area contributed by atoms with Crippen molar-refractivity contribution in [3.8, 4) is 46.0 Å². The number of nitrogens with one attached hydrogen (secondary N) is 2. The Balaban J connectivity index is 1.47. The van der Waals surface area contributed by atoms with E-state index in [9.17, 15) is 18.3 Å². The lowest BCUT2D eigenvalue weighted by Gasteiger charge is -2.20. The van der Waals surface area contributed by atoms with Crippen molar-refractivity contribution in [3.05, 3.63) is 97.3 Å². The summed E-state index contributed by atoms with van der Waals surface area (Å²) in [7, 11) is -2.78. The Morgan fingerprint density at radius 2 is 1.71 bits per heavy atom. The second-order valence-electron chi connectivity index (χ2n) is 9.85. The van der Waals surface area contributed by atoms with Gasteiger partial charge in [-0.05, 0) is 59.0 Å². The van der Waals surface area contributed by atoms with Crippen LogP contribution in [0.25, 0.3) is 22.9 Å². The van der Waals surface area contributed by atoms with Gasteiger partial charge in [-0.15, -0.1) is 5.10 Å². The Morgan fingerprint density at radius 3 is 2.43 bits per heavy atom. The van der Waals surface area contributed by atoms with Crippen LogP contribution in [0.2, 0.25) is 0 Å². The number of hydrogen-bond acceptors (Lipinski definition) is 13. The van der Waals surface area contributed by atoms with Crippen LogP contribution in [-0.2, 0) is 10.0 Å². The first-order chi connectivity index (χ1) is 23.8. The average molecular weight is 683 g/mol. The van der Waals surface area contributed by atoms with Crippen LogP contribution in [0.5, 0.6) is 23.1 Å². The molecule has 4 aromatic heterocycles. The van der Waals surface area contributed by atoms with Gasteiger partial charge in [-0.3, -0.25) is 14.6 Å². The molecular formula is C31H26N10O7S. The number of methoxy groups -OCH3 is 1. The van der Waals surface area contributed by atoms with Gasteiger partial charge < -0.3 is 19.3 Å².